The van der Waals surface area contributed by atoms with Crippen LogP contribution < -0.4 is 16.0 Å². The van der Waals surface area contributed by atoms with Crippen LogP contribution in [-0.4, -0.2) is 13.2 Å². The third kappa shape index (κ3) is 5.52. The lowest BCUT2D eigenvalue weighted by Crippen LogP contribution is -2.35. The molecule has 0 fully saturated rings. The fraction of sp³-hybridized carbons (Fsp3) is 0.600. The molecule has 0 aliphatic rings. The van der Waals surface area contributed by atoms with Crippen LogP contribution in [0.25, 0.3) is 0 Å². The highest BCUT2D eigenvalue weighted by atomic mass is 16.5. The molecule has 0 amide bonds. The Morgan fingerprint density at radius 3 is 2.44 bits per heavy atom. The molecule has 0 spiro atoms. The summed E-state index contributed by atoms with van der Waals surface area (Å²) in [5.41, 5.74) is 4.27. The first-order valence-corrected chi connectivity index (χ1v) is 6.89. The van der Waals surface area contributed by atoms with Crippen molar-refractivity contribution >= 4 is 0 Å². The lowest BCUT2D eigenvalue weighted by molar-refractivity contribution is 0.414. The molecule has 1 rings (SSSR count). The van der Waals surface area contributed by atoms with E-state index < -0.39 is 0 Å². The molecule has 0 aromatic heterocycles. The van der Waals surface area contributed by atoms with Crippen molar-refractivity contribution in [1.29, 1.82) is 0 Å². The van der Waals surface area contributed by atoms with Crippen molar-refractivity contribution in [3.63, 3.8) is 0 Å². The number of hydrazine groups is 1. The number of rotatable bonds is 9. The molecule has 3 heteroatoms. The SMILES string of the molecule is CCCCCC(CCc1ccc(OC)cc1)NN. The number of benzene rings is 1. The maximum Gasteiger partial charge on any atom is 0.118 e. The summed E-state index contributed by atoms with van der Waals surface area (Å²) in [5, 5.41) is 0. The van der Waals surface area contributed by atoms with Gasteiger partial charge < -0.3 is 4.74 Å². The minimum Gasteiger partial charge on any atom is -0.497 e. The molecule has 0 bridgehead atoms. The van der Waals surface area contributed by atoms with Gasteiger partial charge in [0.15, 0.2) is 0 Å². The monoisotopic (exact) mass is 250 g/mol. The van der Waals surface area contributed by atoms with E-state index in [0.29, 0.717) is 6.04 Å². The second kappa shape index (κ2) is 8.95. The quantitative estimate of drug-likeness (QED) is 0.402. The number of nitrogens with two attached hydrogens (primary N) is 1. The average molecular weight is 250 g/mol. The van der Waals surface area contributed by atoms with Crippen molar-refractivity contribution in [2.45, 2.75) is 51.5 Å². The van der Waals surface area contributed by atoms with Crippen LogP contribution >= 0.6 is 0 Å². The largest absolute Gasteiger partial charge is 0.497 e. The topological polar surface area (TPSA) is 47.3 Å². The lowest BCUT2D eigenvalue weighted by atomic mass is 10.0. The summed E-state index contributed by atoms with van der Waals surface area (Å²) in [4.78, 5) is 0. The first-order chi connectivity index (χ1) is 8.80. The number of hydrogen-bond donors (Lipinski definition) is 2. The van der Waals surface area contributed by atoms with Crippen LogP contribution in [-0.2, 0) is 6.42 Å². The molecule has 3 N–H and O–H groups in total. The number of hydrogen-bond acceptors (Lipinski definition) is 3. The molecule has 3 nitrogen and oxygen atoms in total. The molecule has 0 radical (unpaired) electrons. The summed E-state index contributed by atoms with van der Waals surface area (Å²) < 4.78 is 5.15. The molecule has 0 heterocycles. The number of unbranched alkanes of at least 4 members (excludes halogenated alkanes) is 2. The molecule has 0 aliphatic carbocycles. The zero-order chi connectivity index (χ0) is 13.2. The van der Waals surface area contributed by atoms with Crippen molar-refractivity contribution in [3.8, 4) is 5.75 Å². The Kier molecular flexibility index (Phi) is 7.46. The van der Waals surface area contributed by atoms with Gasteiger partial charge in [-0.2, -0.15) is 0 Å². The van der Waals surface area contributed by atoms with Crippen LogP contribution in [0.5, 0.6) is 5.75 Å². The summed E-state index contributed by atoms with van der Waals surface area (Å²) in [6.45, 7) is 2.22. The van der Waals surface area contributed by atoms with Crippen molar-refractivity contribution in [1.82, 2.24) is 5.43 Å². The molecule has 1 unspecified atom stereocenters. The highest BCUT2D eigenvalue weighted by molar-refractivity contribution is 5.27. The Bertz CT molecular complexity index is 311. The van der Waals surface area contributed by atoms with E-state index in [1.165, 1.54) is 31.2 Å². The van der Waals surface area contributed by atoms with Crippen LogP contribution in [0, 0.1) is 0 Å². The van der Waals surface area contributed by atoms with Crippen molar-refractivity contribution in [2.75, 3.05) is 7.11 Å². The third-order valence-corrected chi connectivity index (χ3v) is 3.33. The van der Waals surface area contributed by atoms with Gasteiger partial charge in [-0.25, -0.2) is 0 Å². The van der Waals surface area contributed by atoms with Gasteiger partial charge >= 0.3 is 0 Å². The van der Waals surface area contributed by atoms with Gasteiger partial charge in [-0.3, -0.25) is 11.3 Å². The Morgan fingerprint density at radius 2 is 1.89 bits per heavy atom. The van der Waals surface area contributed by atoms with Crippen LogP contribution in [0.3, 0.4) is 0 Å². The number of aryl methyl sites for hydroxylation is 1. The van der Waals surface area contributed by atoms with Gasteiger partial charge in [0, 0.05) is 6.04 Å². The smallest absolute Gasteiger partial charge is 0.118 e. The van der Waals surface area contributed by atoms with Crippen LogP contribution in [0.1, 0.15) is 44.6 Å². The summed E-state index contributed by atoms with van der Waals surface area (Å²) in [7, 11) is 1.69. The Labute approximate surface area is 111 Å². The Morgan fingerprint density at radius 1 is 1.17 bits per heavy atom. The van der Waals surface area contributed by atoms with Gasteiger partial charge in [-0.15, -0.1) is 0 Å². The first-order valence-electron chi connectivity index (χ1n) is 6.89. The van der Waals surface area contributed by atoms with Gasteiger partial charge in [-0.05, 0) is 37.0 Å². The van der Waals surface area contributed by atoms with Gasteiger partial charge in [0.1, 0.15) is 5.75 Å². The normalized spacial score (nSPS) is 12.4. The van der Waals surface area contributed by atoms with Crippen molar-refractivity contribution in [2.24, 2.45) is 5.84 Å². The molecule has 0 saturated carbocycles. The zero-order valence-corrected chi connectivity index (χ0v) is 11.6. The molecule has 0 aliphatic heterocycles. The minimum absolute atomic E-state index is 0.429. The van der Waals surface area contributed by atoms with Crippen LogP contribution in [0.15, 0.2) is 24.3 Å². The van der Waals surface area contributed by atoms with E-state index in [9.17, 15) is 0 Å². The molecule has 1 aromatic carbocycles. The van der Waals surface area contributed by atoms with E-state index >= 15 is 0 Å². The standard InChI is InChI=1S/C15H26N2O/c1-3-4-5-6-14(17-16)10-7-13-8-11-15(18-2)12-9-13/h8-9,11-12,14,17H,3-7,10,16H2,1-2H3. The molecule has 1 atom stereocenters. The van der Waals surface area contributed by atoms with E-state index in [4.69, 9.17) is 10.6 Å². The van der Waals surface area contributed by atoms with Crippen molar-refractivity contribution < 1.29 is 4.74 Å². The van der Waals surface area contributed by atoms with E-state index in [1.807, 2.05) is 12.1 Å². The predicted molar refractivity (Wildman–Crippen MR) is 76.6 cm³/mol. The molecule has 102 valence electrons. The summed E-state index contributed by atoms with van der Waals surface area (Å²) in [6, 6.07) is 8.70. The molecule has 0 saturated heterocycles. The maximum absolute atomic E-state index is 5.59. The molecule has 18 heavy (non-hydrogen) atoms. The van der Waals surface area contributed by atoms with Gasteiger partial charge in [0.2, 0.25) is 0 Å². The Hall–Kier alpha value is -1.06. The zero-order valence-electron chi connectivity index (χ0n) is 11.6. The number of ether oxygens (including phenoxy) is 1. The van der Waals surface area contributed by atoms with E-state index in [-0.39, 0.29) is 0 Å². The van der Waals surface area contributed by atoms with E-state index in [2.05, 4.69) is 24.5 Å². The number of nitrogens with one attached hydrogen (secondary N) is 1. The summed E-state index contributed by atoms with van der Waals surface area (Å²) in [5.74, 6) is 6.51. The summed E-state index contributed by atoms with van der Waals surface area (Å²) in [6.07, 6.45) is 7.13. The third-order valence-electron chi connectivity index (χ3n) is 3.33. The van der Waals surface area contributed by atoms with E-state index in [0.717, 1.165) is 18.6 Å². The minimum atomic E-state index is 0.429. The van der Waals surface area contributed by atoms with Crippen molar-refractivity contribution in [3.05, 3.63) is 29.8 Å². The lowest BCUT2D eigenvalue weighted by Gasteiger charge is -2.15. The fourth-order valence-electron chi connectivity index (χ4n) is 2.08. The fourth-order valence-corrected chi connectivity index (χ4v) is 2.08. The molecule has 1 aromatic rings. The van der Waals surface area contributed by atoms with Crippen LogP contribution in [0.2, 0.25) is 0 Å². The van der Waals surface area contributed by atoms with Crippen LogP contribution in [0.4, 0.5) is 0 Å². The second-order valence-corrected chi connectivity index (χ2v) is 4.75. The first kappa shape index (κ1) is 15.0. The van der Waals surface area contributed by atoms with Gasteiger partial charge in [0.05, 0.1) is 7.11 Å². The van der Waals surface area contributed by atoms with E-state index in [1.54, 1.807) is 7.11 Å². The second-order valence-electron chi connectivity index (χ2n) is 4.75. The Balaban J connectivity index is 2.32. The van der Waals surface area contributed by atoms with Gasteiger partial charge in [-0.1, -0.05) is 38.3 Å². The predicted octanol–water partition coefficient (Wildman–Crippen LogP) is 3.04. The van der Waals surface area contributed by atoms with Gasteiger partial charge in [0.25, 0.3) is 0 Å². The number of methoxy groups -OCH3 is 1. The highest BCUT2D eigenvalue weighted by Crippen LogP contribution is 2.14. The molecular weight excluding hydrogens is 224 g/mol. The average Bonchev–Trinajstić information content (AvgIpc) is 2.43. The summed E-state index contributed by atoms with van der Waals surface area (Å²) >= 11 is 0. The molecular formula is C15H26N2O. The highest BCUT2D eigenvalue weighted by Gasteiger charge is 2.06. The maximum atomic E-state index is 5.59.